The van der Waals surface area contributed by atoms with Crippen LogP contribution in [-0.4, -0.2) is 47.9 Å². The van der Waals surface area contributed by atoms with Crippen LogP contribution in [0.1, 0.15) is 66.1 Å². The van der Waals surface area contributed by atoms with Crippen LogP contribution in [0, 0.1) is 0 Å². The Morgan fingerprint density at radius 1 is 1.23 bits per heavy atom. The predicted molar refractivity (Wildman–Crippen MR) is 114 cm³/mol. The number of Topliss-reactive ketones (excluding diaryl/α,β-unsaturated/α-hetero) is 1. The number of halogens is 4. The Kier molecular flexibility index (Phi) is 6.49. The van der Waals surface area contributed by atoms with Gasteiger partial charge in [0.05, 0.1) is 36.9 Å². The molecular weight excluding hydrogens is 493 g/mol. The van der Waals surface area contributed by atoms with E-state index in [1.54, 1.807) is 12.1 Å². The minimum atomic E-state index is -4.64. The minimum Gasteiger partial charge on any atom is -0.479 e. The summed E-state index contributed by atoms with van der Waals surface area (Å²) in [6, 6.07) is 4.42. The lowest BCUT2D eigenvalue weighted by molar-refractivity contribution is -0.352. The molecule has 0 unspecified atom stereocenters. The number of ether oxygens (including phenoxy) is 3. The molecule has 1 amide bonds. The van der Waals surface area contributed by atoms with Crippen LogP contribution in [0.2, 0.25) is 5.02 Å². The van der Waals surface area contributed by atoms with Gasteiger partial charge in [-0.1, -0.05) is 11.6 Å². The monoisotopic (exact) mass is 514 g/mol. The predicted octanol–water partition coefficient (Wildman–Crippen LogP) is 4.48. The highest BCUT2D eigenvalue weighted by Gasteiger charge is 2.42. The van der Waals surface area contributed by atoms with Crippen molar-refractivity contribution in [3.05, 3.63) is 46.6 Å². The summed E-state index contributed by atoms with van der Waals surface area (Å²) in [5.41, 5.74) is 0.362. The van der Waals surface area contributed by atoms with E-state index in [1.807, 2.05) is 0 Å². The highest BCUT2D eigenvalue weighted by molar-refractivity contribution is 6.31. The number of alkyl halides is 3. The van der Waals surface area contributed by atoms with Crippen molar-refractivity contribution >= 4 is 23.3 Å². The van der Waals surface area contributed by atoms with Gasteiger partial charge < -0.3 is 19.2 Å². The van der Waals surface area contributed by atoms with E-state index in [9.17, 15) is 22.8 Å². The molecule has 0 radical (unpaired) electrons. The number of benzene rings is 1. The summed E-state index contributed by atoms with van der Waals surface area (Å²) in [6.45, 7) is 0.214. The number of oxazole rings is 1. The number of amides is 1. The molecule has 3 atom stereocenters. The maximum atomic E-state index is 12.7. The summed E-state index contributed by atoms with van der Waals surface area (Å²) >= 11 is 5.93. The van der Waals surface area contributed by atoms with Crippen molar-refractivity contribution in [1.82, 2.24) is 10.3 Å². The molecule has 3 heterocycles. The Bertz CT molecular complexity index is 1110. The second-order valence-electron chi connectivity index (χ2n) is 8.93. The zero-order valence-corrected chi connectivity index (χ0v) is 19.1. The molecule has 12 heteroatoms. The maximum Gasteiger partial charge on any atom is 0.522 e. The number of hydrogen-bond donors (Lipinski definition) is 1. The van der Waals surface area contributed by atoms with Gasteiger partial charge in [-0.15, -0.1) is 13.2 Å². The lowest BCUT2D eigenvalue weighted by Crippen LogP contribution is -2.48. The van der Waals surface area contributed by atoms with E-state index in [-0.39, 0.29) is 43.6 Å². The summed E-state index contributed by atoms with van der Waals surface area (Å²) in [6.07, 6.45) is -3.85. The number of carbonyl (C=O) groups is 2. The fraction of sp³-hybridized carbons (Fsp3) is 0.522. The summed E-state index contributed by atoms with van der Waals surface area (Å²) in [7, 11) is 0. The topological polar surface area (TPSA) is 99.9 Å². The fourth-order valence-electron chi connectivity index (χ4n) is 4.52. The normalized spacial score (nSPS) is 28.6. The van der Waals surface area contributed by atoms with Crippen molar-refractivity contribution in [2.45, 2.75) is 68.7 Å². The van der Waals surface area contributed by atoms with E-state index in [4.69, 9.17) is 25.5 Å². The molecule has 0 spiro atoms. The number of ketones is 1. The van der Waals surface area contributed by atoms with Gasteiger partial charge in [0.1, 0.15) is 17.6 Å². The Labute approximate surface area is 203 Å². The number of carbonyl (C=O) groups excluding carboxylic acids is 2. The zero-order chi connectivity index (χ0) is 24.7. The first-order valence-electron chi connectivity index (χ1n) is 11.3. The van der Waals surface area contributed by atoms with Gasteiger partial charge in [0.25, 0.3) is 5.91 Å². The van der Waals surface area contributed by atoms with Crippen LogP contribution >= 0.6 is 11.6 Å². The van der Waals surface area contributed by atoms with E-state index in [0.717, 1.165) is 0 Å². The minimum absolute atomic E-state index is 0.0789. The largest absolute Gasteiger partial charge is 0.522 e. The van der Waals surface area contributed by atoms with Crippen LogP contribution in [0.25, 0.3) is 0 Å². The first kappa shape index (κ1) is 24.1. The maximum absolute atomic E-state index is 12.7. The average Bonchev–Trinajstić information content (AvgIpc) is 3.26. The van der Waals surface area contributed by atoms with Crippen molar-refractivity contribution in [2.75, 3.05) is 6.61 Å². The van der Waals surface area contributed by atoms with Gasteiger partial charge >= 0.3 is 6.36 Å². The third-order valence-electron chi connectivity index (χ3n) is 6.41. The Morgan fingerprint density at radius 3 is 2.74 bits per heavy atom. The van der Waals surface area contributed by atoms with Gasteiger partial charge in [0.15, 0.2) is 11.9 Å². The smallest absolute Gasteiger partial charge is 0.479 e. The van der Waals surface area contributed by atoms with Crippen LogP contribution in [0.5, 0.6) is 5.75 Å². The van der Waals surface area contributed by atoms with Gasteiger partial charge in [-0.05, 0) is 43.9 Å². The number of nitrogens with one attached hydrogen (secondary N) is 1. The molecule has 1 saturated heterocycles. The third-order valence-corrected chi connectivity index (χ3v) is 6.65. The molecule has 5 rings (SSSR count). The summed E-state index contributed by atoms with van der Waals surface area (Å²) in [5, 5.41) is 3.28. The lowest BCUT2D eigenvalue weighted by atomic mass is 9.81. The molecule has 1 N–H and O–H groups in total. The molecule has 8 nitrogen and oxygen atoms in total. The summed E-state index contributed by atoms with van der Waals surface area (Å²) in [5.74, 6) is 0.427. The number of hydrogen-bond acceptors (Lipinski definition) is 7. The first-order valence-corrected chi connectivity index (χ1v) is 11.6. The molecule has 35 heavy (non-hydrogen) atoms. The van der Waals surface area contributed by atoms with Crippen LogP contribution in [0.15, 0.2) is 28.8 Å². The number of fused-ring (bicyclic) bond motifs is 1. The fourth-order valence-corrected chi connectivity index (χ4v) is 4.69. The highest BCUT2D eigenvalue weighted by atomic mass is 35.5. The highest BCUT2D eigenvalue weighted by Crippen LogP contribution is 2.42. The van der Waals surface area contributed by atoms with E-state index in [2.05, 4.69) is 15.0 Å². The first-order chi connectivity index (χ1) is 16.6. The average molecular weight is 515 g/mol. The van der Waals surface area contributed by atoms with Gasteiger partial charge in [0.2, 0.25) is 5.89 Å². The van der Waals surface area contributed by atoms with Crippen molar-refractivity contribution in [2.24, 2.45) is 0 Å². The molecule has 1 saturated carbocycles. The molecule has 3 aliphatic rings. The van der Waals surface area contributed by atoms with Crippen LogP contribution in [0.3, 0.4) is 0 Å². The lowest BCUT2D eigenvalue weighted by Gasteiger charge is -2.33. The van der Waals surface area contributed by atoms with Crippen LogP contribution in [0.4, 0.5) is 13.2 Å². The molecule has 188 valence electrons. The Balaban J connectivity index is 1.09. The molecular formula is C23H22ClF3N2O6. The van der Waals surface area contributed by atoms with Crippen molar-refractivity contribution in [3.8, 4) is 5.75 Å². The summed E-state index contributed by atoms with van der Waals surface area (Å²) < 4.78 is 58.1. The van der Waals surface area contributed by atoms with Crippen LogP contribution in [-0.2, 0) is 14.3 Å². The Hall–Kier alpha value is -2.63. The second-order valence-corrected chi connectivity index (χ2v) is 9.37. The molecule has 0 bridgehead atoms. The Morgan fingerprint density at radius 2 is 2.03 bits per heavy atom. The second kappa shape index (κ2) is 9.44. The van der Waals surface area contributed by atoms with Crippen molar-refractivity contribution in [1.29, 1.82) is 0 Å². The van der Waals surface area contributed by atoms with Crippen molar-refractivity contribution < 1.29 is 41.4 Å². The molecule has 2 fully saturated rings. The standard InChI is InChI=1S/C23H22ClF3N2O6/c24-12-1-3-17-15(7-12)16(30)8-19(33-17)21(31)29-13-2-4-18(32-10-13)22-28-9-20(34-22)11-5-14(6-11)35-23(25,26)27/h1,3,7,9,11,13-14,18-19H,2,4-6,8,10H2,(H,29,31)/t11?,13-,14?,18+,19-/m1/s1. The van der Waals surface area contributed by atoms with Crippen molar-refractivity contribution in [3.63, 3.8) is 0 Å². The number of aromatic nitrogens is 1. The molecule has 1 aliphatic carbocycles. The molecule has 2 aromatic rings. The van der Waals surface area contributed by atoms with Gasteiger partial charge in [-0.25, -0.2) is 4.98 Å². The van der Waals surface area contributed by atoms with Gasteiger partial charge in [0, 0.05) is 10.9 Å². The van der Waals surface area contributed by atoms with Gasteiger partial charge in [-0.2, -0.15) is 0 Å². The molecule has 2 aliphatic heterocycles. The van der Waals surface area contributed by atoms with Crippen LogP contribution < -0.4 is 10.1 Å². The van der Waals surface area contributed by atoms with E-state index >= 15 is 0 Å². The third kappa shape index (κ3) is 5.46. The van der Waals surface area contributed by atoms with E-state index in [1.165, 1.54) is 12.3 Å². The SMILES string of the molecule is O=C1C[C@H](C(=O)N[C@@H]2CC[C@@H](c3ncc(C4CC(OC(F)(F)F)C4)o3)OC2)Oc2ccc(Cl)cc21. The summed E-state index contributed by atoms with van der Waals surface area (Å²) in [4.78, 5) is 29.3. The van der Waals surface area contributed by atoms with E-state index < -0.39 is 30.6 Å². The van der Waals surface area contributed by atoms with Gasteiger partial charge in [-0.3, -0.25) is 14.3 Å². The number of rotatable bonds is 5. The number of nitrogens with zero attached hydrogens (tertiary/aromatic N) is 1. The molecule has 1 aromatic carbocycles. The quantitative estimate of drug-likeness (QED) is 0.628. The molecule has 1 aromatic heterocycles. The zero-order valence-electron chi connectivity index (χ0n) is 18.3. The van der Waals surface area contributed by atoms with E-state index in [0.29, 0.717) is 40.8 Å².